The van der Waals surface area contributed by atoms with Gasteiger partial charge in [-0.25, -0.2) is 0 Å². The summed E-state index contributed by atoms with van der Waals surface area (Å²) in [6.07, 6.45) is 0. The monoisotopic (exact) mass is 131 g/mol. The van der Waals surface area contributed by atoms with Gasteiger partial charge in [0.05, 0.1) is 0 Å². The van der Waals surface area contributed by atoms with Gasteiger partial charge in [-0.2, -0.15) is 0 Å². The Labute approximate surface area is 41.8 Å². The van der Waals surface area contributed by atoms with Crippen LogP contribution in [0, 0.1) is 0 Å². The van der Waals surface area contributed by atoms with Crippen molar-refractivity contribution in [3.8, 4) is 0 Å². The van der Waals surface area contributed by atoms with E-state index in [0.29, 0.717) is 0 Å². The molecule has 0 saturated carbocycles. The quantitative estimate of drug-likeness (QED) is 0.436. The van der Waals surface area contributed by atoms with E-state index in [1.165, 1.54) is 0 Å². The van der Waals surface area contributed by atoms with Gasteiger partial charge in [0.25, 0.3) is 0 Å². The van der Waals surface area contributed by atoms with Crippen LogP contribution in [0.15, 0.2) is 0 Å². The molecule has 35 valence electrons. The molecule has 0 atom stereocenters. The molecule has 0 bridgehead atoms. The second-order valence-corrected chi connectivity index (χ2v) is 10.4. The molecule has 0 nitrogen and oxygen atoms in total. The topological polar surface area (TPSA) is 0 Å². The van der Waals surface area contributed by atoms with Crippen LogP contribution in [0.4, 0.5) is 0 Å². The van der Waals surface area contributed by atoms with Crippen molar-refractivity contribution in [1.82, 2.24) is 0 Å². The van der Waals surface area contributed by atoms with Gasteiger partial charge < -0.3 is 0 Å². The summed E-state index contributed by atoms with van der Waals surface area (Å²) < 4.78 is 0. The fraction of sp³-hybridized carbons (Fsp3) is 1.00. The van der Waals surface area contributed by atoms with Crippen molar-refractivity contribution in [2.75, 3.05) is 0 Å². The van der Waals surface area contributed by atoms with E-state index in [-0.39, 0.29) is 0 Å². The van der Waals surface area contributed by atoms with Gasteiger partial charge in [-0.15, -0.1) is 0 Å². The summed E-state index contributed by atoms with van der Waals surface area (Å²) in [5.41, 5.74) is 0. The van der Waals surface area contributed by atoms with Crippen molar-refractivity contribution in [2.45, 2.75) is 19.6 Å². The Morgan fingerprint density at radius 2 is 1.20 bits per heavy atom. The molecule has 0 saturated heterocycles. The standard InChI is InChI=1S/C3H9Si.Ni/c1-4(2)3;/h1-3H3;. The third-order valence-corrected chi connectivity index (χ3v) is 0. The minimum atomic E-state index is -0.986. The SMILES string of the molecule is C[Si](C)(C)[Ni]. The summed E-state index contributed by atoms with van der Waals surface area (Å²) >= 11 is 4.70. The Morgan fingerprint density at radius 1 is 1.20 bits per heavy atom. The molecule has 0 heterocycles. The predicted molar refractivity (Wildman–Crippen MR) is 23.3 cm³/mol. The minimum absolute atomic E-state index is 0.986. The molecule has 0 aromatic heterocycles. The summed E-state index contributed by atoms with van der Waals surface area (Å²) in [4.78, 5) is 0. The zero-order valence-electron chi connectivity index (χ0n) is 3.82. The Balaban J connectivity index is 3.02. The van der Waals surface area contributed by atoms with E-state index in [1.54, 1.807) is 0 Å². The van der Waals surface area contributed by atoms with Gasteiger partial charge >= 0.3 is 41.2 Å². The van der Waals surface area contributed by atoms with Crippen molar-refractivity contribution in [2.24, 2.45) is 0 Å². The summed E-state index contributed by atoms with van der Waals surface area (Å²) in [7, 11) is 0. The molecule has 0 amide bonds. The Hall–Kier alpha value is 0.710. The normalized spacial score (nSPS) is 12.2. The van der Waals surface area contributed by atoms with Crippen molar-refractivity contribution in [1.29, 1.82) is 0 Å². The van der Waals surface area contributed by atoms with Crippen LogP contribution in [-0.4, -0.2) is 6.77 Å². The van der Waals surface area contributed by atoms with Crippen LogP contribution in [0.3, 0.4) is 0 Å². The van der Waals surface area contributed by atoms with Crippen LogP contribution in [0.1, 0.15) is 0 Å². The first-order chi connectivity index (χ1) is 2.00. The average Bonchev–Trinajstić information content (AvgIpc) is 0.722. The number of hydrogen-bond acceptors (Lipinski definition) is 0. The van der Waals surface area contributed by atoms with E-state index in [1.807, 2.05) is 0 Å². The molecular weight excluding hydrogens is 123 g/mol. The van der Waals surface area contributed by atoms with E-state index in [9.17, 15) is 0 Å². The first-order valence-corrected chi connectivity index (χ1v) is 6.46. The van der Waals surface area contributed by atoms with Crippen molar-refractivity contribution >= 4 is 6.77 Å². The molecule has 0 rings (SSSR count). The van der Waals surface area contributed by atoms with Gasteiger partial charge in [0.1, 0.15) is 0 Å². The third kappa shape index (κ3) is 68.6. The first-order valence-electron chi connectivity index (χ1n) is 1.66. The van der Waals surface area contributed by atoms with E-state index in [0.717, 1.165) is 0 Å². The Morgan fingerprint density at radius 3 is 1.20 bits per heavy atom. The summed E-state index contributed by atoms with van der Waals surface area (Å²) in [5.74, 6) is 0. The number of hydrogen-bond donors (Lipinski definition) is 0. The van der Waals surface area contributed by atoms with Gasteiger partial charge in [0.15, 0.2) is 0 Å². The van der Waals surface area contributed by atoms with Gasteiger partial charge in [0.2, 0.25) is 0 Å². The molecule has 0 radical (unpaired) electrons. The summed E-state index contributed by atoms with van der Waals surface area (Å²) in [6.45, 7) is 5.49. The third-order valence-electron chi connectivity index (χ3n) is 0. The van der Waals surface area contributed by atoms with E-state index in [2.05, 4.69) is 19.6 Å². The second-order valence-electron chi connectivity index (χ2n) is 1.97. The molecule has 0 unspecified atom stereocenters. The zero-order valence-corrected chi connectivity index (χ0v) is 5.80. The van der Waals surface area contributed by atoms with Gasteiger partial charge in [-0.05, 0) is 0 Å². The van der Waals surface area contributed by atoms with Crippen molar-refractivity contribution in [3.05, 3.63) is 0 Å². The number of rotatable bonds is 0. The molecule has 0 aromatic carbocycles. The maximum absolute atomic E-state index is 4.70. The summed E-state index contributed by atoms with van der Waals surface area (Å²) in [5, 5.41) is 0. The Kier molecular flexibility index (Phi) is 1.64. The van der Waals surface area contributed by atoms with E-state index >= 15 is 0 Å². The van der Waals surface area contributed by atoms with E-state index < -0.39 is 6.77 Å². The molecule has 5 heavy (non-hydrogen) atoms. The van der Waals surface area contributed by atoms with Gasteiger partial charge in [0, 0.05) is 0 Å². The molecule has 0 aliphatic carbocycles. The van der Waals surface area contributed by atoms with E-state index in [4.69, 9.17) is 14.8 Å². The predicted octanol–water partition coefficient (Wildman–Crippen LogP) is 1.37. The van der Waals surface area contributed by atoms with Gasteiger partial charge in [-0.3, -0.25) is 0 Å². The molecule has 0 fully saturated rings. The van der Waals surface area contributed by atoms with Crippen molar-refractivity contribution < 1.29 is 14.8 Å². The summed E-state index contributed by atoms with van der Waals surface area (Å²) in [6, 6.07) is 0. The molecule has 0 spiro atoms. The van der Waals surface area contributed by atoms with Crippen molar-refractivity contribution in [3.63, 3.8) is 0 Å². The average molecular weight is 132 g/mol. The van der Waals surface area contributed by atoms with Crippen LogP contribution in [0.2, 0.25) is 19.6 Å². The zero-order chi connectivity index (χ0) is 4.50. The molecule has 0 aliphatic heterocycles. The van der Waals surface area contributed by atoms with Crippen LogP contribution in [0.5, 0.6) is 0 Å². The molecule has 2 heteroatoms. The van der Waals surface area contributed by atoms with Crippen LogP contribution < -0.4 is 0 Å². The van der Waals surface area contributed by atoms with Crippen LogP contribution >= 0.6 is 0 Å². The van der Waals surface area contributed by atoms with Crippen LogP contribution in [0.25, 0.3) is 0 Å². The molecular formula is C3H9NiSi. The molecule has 0 aromatic rings. The second kappa shape index (κ2) is 1.44. The fourth-order valence-electron chi connectivity index (χ4n) is 0. The first kappa shape index (κ1) is 5.71. The molecule has 0 aliphatic rings. The molecule has 0 N–H and O–H groups in total. The van der Waals surface area contributed by atoms with Crippen LogP contribution in [-0.2, 0) is 14.8 Å². The maximum atomic E-state index is 4.70. The fourth-order valence-corrected chi connectivity index (χ4v) is 0. The Bertz CT molecular complexity index is 22.4. The van der Waals surface area contributed by atoms with Gasteiger partial charge in [-0.1, -0.05) is 0 Å².